The molecule has 0 aliphatic rings. The number of hydrogen-bond acceptors (Lipinski definition) is 4. The average Bonchev–Trinajstić information content (AvgIpc) is 1.97. The van der Waals surface area contributed by atoms with Crippen molar-refractivity contribution in [3.63, 3.8) is 0 Å². The summed E-state index contributed by atoms with van der Waals surface area (Å²) in [6, 6.07) is 0. The van der Waals surface area contributed by atoms with Crippen molar-refractivity contribution < 1.29 is 24.5 Å². The van der Waals surface area contributed by atoms with E-state index in [1.165, 1.54) is 7.11 Å². The molecule has 0 aromatic heterocycles. The lowest BCUT2D eigenvalue weighted by Gasteiger charge is -2.07. The minimum absolute atomic E-state index is 0.0374. The largest absolute Gasteiger partial charge is 0.481 e. The molecule has 72 valence electrons. The number of hydrogen-bond donors (Lipinski definition) is 2. The van der Waals surface area contributed by atoms with Crippen molar-refractivity contribution in [2.45, 2.75) is 12.5 Å². The van der Waals surface area contributed by atoms with Gasteiger partial charge in [0.2, 0.25) is 0 Å². The Balaban J connectivity index is 3.19. The monoisotopic (exact) mass is 178 g/mol. The van der Waals surface area contributed by atoms with Gasteiger partial charge in [0.05, 0.1) is 32.3 Å². The lowest BCUT2D eigenvalue weighted by atomic mass is 10.3. The Morgan fingerprint density at radius 2 is 2.17 bits per heavy atom. The first-order chi connectivity index (χ1) is 5.66. The number of ether oxygens (including phenoxy) is 2. The zero-order valence-electron chi connectivity index (χ0n) is 7.02. The molecule has 0 fully saturated rings. The summed E-state index contributed by atoms with van der Waals surface area (Å²) in [5.74, 6) is -1.03. The molecule has 5 heteroatoms. The summed E-state index contributed by atoms with van der Waals surface area (Å²) >= 11 is 0. The summed E-state index contributed by atoms with van der Waals surface area (Å²) in [6.07, 6.45) is -1.22. The van der Waals surface area contributed by atoms with Crippen LogP contribution in [0.2, 0.25) is 0 Å². The van der Waals surface area contributed by atoms with Gasteiger partial charge in [-0.3, -0.25) is 4.79 Å². The van der Waals surface area contributed by atoms with Crippen LogP contribution in [0, 0.1) is 0 Å². The fourth-order valence-electron chi connectivity index (χ4n) is 0.622. The fourth-order valence-corrected chi connectivity index (χ4v) is 0.622. The topological polar surface area (TPSA) is 76.0 Å². The second kappa shape index (κ2) is 7.02. The van der Waals surface area contributed by atoms with Crippen LogP contribution in [0.25, 0.3) is 0 Å². The van der Waals surface area contributed by atoms with Gasteiger partial charge in [0.15, 0.2) is 0 Å². The Morgan fingerprint density at radius 3 is 2.67 bits per heavy atom. The summed E-state index contributed by atoms with van der Waals surface area (Å²) < 4.78 is 9.58. The highest BCUT2D eigenvalue weighted by molar-refractivity contribution is 5.67. The SMILES string of the molecule is COCCOCC(O)CC(=O)O. The molecule has 1 unspecified atom stereocenters. The lowest BCUT2D eigenvalue weighted by molar-refractivity contribution is -0.140. The number of carboxylic acid groups (broad SMARTS) is 1. The molecule has 0 saturated carbocycles. The van der Waals surface area contributed by atoms with Gasteiger partial charge >= 0.3 is 5.97 Å². The molecule has 0 spiro atoms. The van der Waals surface area contributed by atoms with E-state index in [9.17, 15) is 4.79 Å². The van der Waals surface area contributed by atoms with Crippen molar-refractivity contribution >= 4 is 5.97 Å². The van der Waals surface area contributed by atoms with Gasteiger partial charge in [-0.1, -0.05) is 0 Å². The molecule has 0 amide bonds. The maximum absolute atomic E-state index is 10.1. The third-order valence-corrected chi connectivity index (χ3v) is 1.15. The highest BCUT2D eigenvalue weighted by atomic mass is 16.5. The molecule has 0 rings (SSSR count). The molecule has 0 bridgehead atoms. The molecule has 2 N–H and O–H groups in total. The Labute approximate surface area is 70.9 Å². The molecule has 0 aromatic rings. The Bertz CT molecular complexity index is 125. The Hall–Kier alpha value is -0.650. The summed E-state index contributed by atoms with van der Waals surface area (Å²) in [6.45, 7) is 0.850. The first-order valence-corrected chi connectivity index (χ1v) is 3.63. The number of methoxy groups -OCH3 is 1. The minimum Gasteiger partial charge on any atom is -0.481 e. The van der Waals surface area contributed by atoms with Crippen molar-refractivity contribution in [1.82, 2.24) is 0 Å². The van der Waals surface area contributed by atoms with Gasteiger partial charge in [-0.15, -0.1) is 0 Å². The second-order valence-electron chi connectivity index (χ2n) is 2.32. The molecular weight excluding hydrogens is 164 g/mol. The summed E-state index contributed by atoms with van der Waals surface area (Å²) in [4.78, 5) is 10.1. The smallest absolute Gasteiger partial charge is 0.306 e. The summed E-state index contributed by atoms with van der Waals surface area (Å²) in [7, 11) is 1.54. The first-order valence-electron chi connectivity index (χ1n) is 3.63. The molecule has 0 aliphatic carbocycles. The average molecular weight is 178 g/mol. The van der Waals surface area contributed by atoms with Crippen LogP contribution in [0.5, 0.6) is 0 Å². The van der Waals surface area contributed by atoms with Crippen LogP contribution in [-0.2, 0) is 14.3 Å². The number of aliphatic hydroxyl groups is 1. The number of aliphatic hydroxyl groups excluding tert-OH is 1. The van der Waals surface area contributed by atoms with E-state index in [2.05, 4.69) is 4.74 Å². The van der Waals surface area contributed by atoms with E-state index in [-0.39, 0.29) is 13.0 Å². The van der Waals surface area contributed by atoms with Crippen LogP contribution in [0.15, 0.2) is 0 Å². The third-order valence-electron chi connectivity index (χ3n) is 1.15. The second-order valence-corrected chi connectivity index (χ2v) is 2.32. The Kier molecular flexibility index (Phi) is 6.64. The highest BCUT2D eigenvalue weighted by Gasteiger charge is 2.08. The Morgan fingerprint density at radius 1 is 1.50 bits per heavy atom. The molecule has 0 saturated heterocycles. The van der Waals surface area contributed by atoms with Gasteiger partial charge in [-0.05, 0) is 0 Å². The minimum atomic E-state index is -1.03. The zero-order valence-corrected chi connectivity index (χ0v) is 7.02. The van der Waals surface area contributed by atoms with Crippen LogP contribution in [0.4, 0.5) is 0 Å². The van der Waals surface area contributed by atoms with E-state index >= 15 is 0 Å². The third kappa shape index (κ3) is 7.46. The molecule has 0 heterocycles. The quantitative estimate of drug-likeness (QED) is 0.513. The van der Waals surface area contributed by atoms with Gasteiger partial charge in [-0.2, -0.15) is 0 Å². The van der Waals surface area contributed by atoms with Crippen molar-refractivity contribution in [3.8, 4) is 0 Å². The number of rotatable bonds is 7. The predicted molar refractivity (Wildman–Crippen MR) is 41.0 cm³/mol. The maximum atomic E-state index is 10.1. The number of carboxylic acids is 1. The predicted octanol–water partition coefficient (Wildman–Crippen LogP) is -0.515. The van der Waals surface area contributed by atoms with Crippen molar-refractivity contribution in [3.05, 3.63) is 0 Å². The van der Waals surface area contributed by atoms with Crippen molar-refractivity contribution in [2.24, 2.45) is 0 Å². The van der Waals surface area contributed by atoms with Crippen LogP contribution in [0.3, 0.4) is 0 Å². The van der Waals surface area contributed by atoms with Gasteiger partial charge < -0.3 is 19.7 Å². The van der Waals surface area contributed by atoms with Crippen LogP contribution in [-0.4, -0.2) is 49.2 Å². The van der Waals surface area contributed by atoms with Gasteiger partial charge in [0.1, 0.15) is 0 Å². The van der Waals surface area contributed by atoms with Crippen LogP contribution >= 0.6 is 0 Å². The van der Waals surface area contributed by atoms with Crippen LogP contribution < -0.4 is 0 Å². The van der Waals surface area contributed by atoms with Crippen molar-refractivity contribution in [1.29, 1.82) is 0 Å². The summed E-state index contributed by atoms with van der Waals surface area (Å²) in [5, 5.41) is 17.2. The fraction of sp³-hybridized carbons (Fsp3) is 0.857. The maximum Gasteiger partial charge on any atom is 0.306 e. The van der Waals surface area contributed by atoms with Gasteiger partial charge in [0.25, 0.3) is 0 Å². The molecule has 12 heavy (non-hydrogen) atoms. The van der Waals surface area contributed by atoms with E-state index in [0.717, 1.165) is 0 Å². The van der Waals surface area contributed by atoms with Gasteiger partial charge in [0, 0.05) is 7.11 Å². The molecule has 5 nitrogen and oxygen atoms in total. The van der Waals surface area contributed by atoms with Crippen molar-refractivity contribution in [2.75, 3.05) is 26.9 Å². The standard InChI is InChI=1S/C7H14O5/c1-11-2-3-12-5-6(8)4-7(9)10/h6,8H,2-5H2,1H3,(H,9,10). The molecule has 0 aromatic carbocycles. The molecule has 1 atom stereocenters. The molecule has 0 radical (unpaired) electrons. The van der Waals surface area contributed by atoms with E-state index in [0.29, 0.717) is 13.2 Å². The highest BCUT2D eigenvalue weighted by Crippen LogP contribution is 1.92. The molecule has 0 aliphatic heterocycles. The van der Waals surface area contributed by atoms with E-state index in [4.69, 9.17) is 14.9 Å². The molecular formula is C7H14O5. The van der Waals surface area contributed by atoms with E-state index in [1.54, 1.807) is 0 Å². The summed E-state index contributed by atoms with van der Waals surface area (Å²) in [5.41, 5.74) is 0. The normalized spacial score (nSPS) is 12.8. The van der Waals surface area contributed by atoms with Gasteiger partial charge in [-0.25, -0.2) is 0 Å². The first kappa shape index (κ1) is 11.4. The zero-order chi connectivity index (χ0) is 9.40. The number of carbonyl (C=O) groups is 1. The van der Waals surface area contributed by atoms with E-state index < -0.39 is 12.1 Å². The lowest BCUT2D eigenvalue weighted by Crippen LogP contribution is -2.20. The van der Waals surface area contributed by atoms with E-state index in [1.807, 2.05) is 0 Å². The van der Waals surface area contributed by atoms with Crippen LogP contribution in [0.1, 0.15) is 6.42 Å². The number of aliphatic carboxylic acids is 1.